The van der Waals surface area contributed by atoms with Crippen molar-refractivity contribution < 1.29 is 9.13 Å². The molecule has 3 nitrogen and oxygen atoms in total. The van der Waals surface area contributed by atoms with E-state index in [0.29, 0.717) is 11.4 Å². The summed E-state index contributed by atoms with van der Waals surface area (Å²) in [5, 5.41) is 3.11. The lowest BCUT2D eigenvalue weighted by atomic mass is 10.2. The molecule has 0 saturated carbocycles. The van der Waals surface area contributed by atoms with Crippen molar-refractivity contribution in [3.63, 3.8) is 0 Å². The van der Waals surface area contributed by atoms with Crippen LogP contribution >= 0.6 is 15.9 Å². The zero-order valence-electron chi connectivity index (χ0n) is 9.08. The molecule has 1 aromatic heterocycles. The van der Waals surface area contributed by atoms with Gasteiger partial charge >= 0.3 is 0 Å². The molecule has 88 valence electrons. The van der Waals surface area contributed by atoms with Crippen LogP contribution in [0, 0.1) is 5.82 Å². The van der Waals surface area contributed by atoms with Crippen molar-refractivity contribution >= 4 is 27.3 Å². The summed E-state index contributed by atoms with van der Waals surface area (Å²) in [7, 11) is 1.50. The van der Waals surface area contributed by atoms with Gasteiger partial charge in [0.1, 0.15) is 11.6 Å². The van der Waals surface area contributed by atoms with Crippen LogP contribution in [0.4, 0.5) is 15.8 Å². The van der Waals surface area contributed by atoms with Crippen LogP contribution in [0.2, 0.25) is 0 Å². The number of anilines is 2. The molecule has 0 radical (unpaired) electrons. The summed E-state index contributed by atoms with van der Waals surface area (Å²) >= 11 is 3.33. The molecule has 1 aromatic carbocycles. The third kappa shape index (κ3) is 2.94. The lowest BCUT2D eigenvalue weighted by Gasteiger charge is -2.10. The molecule has 0 bridgehead atoms. The Morgan fingerprint density at radius 3 is 2.82 bits per heavy atom. The number of hydrogen-bond donors (Lipinski definition) is 1. The van der Waals surface area contributed by atoms with Crippen LogP contribution in [-0.4, -0.2) is 12.1 Å². The zero-order chi connectivity index (χ0) is 12.3. The molecule has 0 aliphatic rings. The molecule has 0 aliphatic heterocycles. The van der Waals surface area contributed by atoms with Gasteiger partial charge in [-0.2, -0.15) is 0 Å². The predicted octanol–water partition coefficient (Wildman–Crippen LogP) is 3.74. The fourth-order valence-electron chi connectivity index (χ4n) is 1.40. The number of benzene rings is 1. The molecule has 0 saturated heterocycles. The van der Waals surface area contributed by atoms with Gasteiger partial charge in [-0.25, -0.2) is 4.39 Å². The topological polar surface area (TPSA) is 34.1 Å². The van der Waals surface area contributed by atoms with Gasteiger partial charge in [-0.1, -0.05) is 0 Å². The maximum Gasteiger partial charge on any atom is 0.145 e. The fourth-order valence-corrected chi connectivity index (χ4v) is 1.77. The first-order chi connectivity index (χ1) is 8.19. The standard InChI is InChI=1S/C12H10BrFN2O/c1-17-12-5-9(14)2-3-11(12)16-10-4-8(13)6-15-7-10/h2-7,16H,1H3. The van der Waals surface area contributed by atoms with E-state index in [0.717, 1.165) is 10.2 Å². The van der Waals surface area contributed by atoms with E-state index in [-0.39, 0.29) is 5.82 Å². The lowest BCUT2D eigenvalue weighted by molar-refractivity contribution is 0.413. The molecule has 1 N–H and O–H groups in total. The maximum atomic E-state index is 13.0. The molecule has 0 fully saturated rings. The molecule has 2 rings (SSSR count). The van der Waals surface area contributed by atoms with Gasteiger partial charge in [-0.15, -0.1) is 0 Å². The quantitative estimate of drug-likeness (QED) is 0.937. The van der Waals surface area contributed by atoms with Crippen molar-refractivity contribution in [3.8, 4) is 5.75 Å². The molecule has 0 amide bonds. The molecule has 1 heterocycles. The highest BCUT2D eigenvalue weighted by Crippen LogP contribution is 2.28. The summed E-state index contributed by atoms with van der Waals surface area (Å²) in [6, 6.07) is 6.19. The molecule has 0 unspecified atom stereocenters. The number of methoxy groups -OCH3 is 1. The van der Waals surface area contributed by atoms with Crippen LogP contribution in [-0.2, 0) is 0 Å². The van der Waals surface area contributed by atoms with Crippen LogP contribution in [0.1, 0.15) is 0 Å². The van der Waals surface area contributed by atoms with Gasteiger partial charge < -0.3 is 10.1 Å². The summed E-state index contributed by atoms with van der Waals surface area (Å²) < 4.78 is 19.0. The summed E-state index contributed by atoms with van der Waals surface area (Å²) in [5.41, 5.74) is 1.48. The molecule has 0 spiro atoms. The van der Waals surface area contributed by atoms with E-state index in [2.05, 4.69) is 26.2 Å². The Hall–Kier alpha value is -1.62. The average Bonchev–Trinajstić information content (AvgIpc) is 2.31. The van der Waals surface area contributed by atoms with Gasteiger partial charge in [0.2, 0.25) is 0 Å². The van der Waals surface area contributed by atoms with Gasteiger partial charge in [0.15, 0.2) is 0 Å². The maximum absolute atomic E-state index is 13.0. The zero-order valence-corrected chi connectivity index (χ0v) is 10.7. The van der Waals surface area contributed by atoms with E-state index in [1.54, 1.807) is 18.5 Å². The van der Waals surface area contributed by atoms with E-state index in [1.165, 1.54) is 19.2 Å². The summed E-state index contributed by atoms with van der Waals surface area (Å²) in [6.45, 7) is 0. The normalized spacial score (nSPS) is 10.1. The first kappa shape index (κ1) is 11.9. The molecular formula is C12H10BrFN2O. The molecule has 5 heteroatoms. The second-order valence-corrected chi connectivity index (χ2v) is 4.28. The summed E-state index contributed by atoms with van der Waals surface area (Å²) in [4.78, 5) is 4.03. The second-order valence-electron chi connectivity index (χ2n) is 3.36. The van der Waals surface area contributed by atoms with Crippen LogP contribution < -0.4 is 10.1 Å². The Balaban J connectivity index is 2.29. The molecule has 0 atom stereocenters. The molecule has 0 aliphatic carbocycles. The second kappa shape index (κ2) is 5.14. The Morgan fingerprint density at radius 2 is 2.12 bits per heavy atom. The summed E-state index contributed by atoms with van der Waals surface area (Å²) in [5.74, 6) is 0.116. The predicted molar refractivity (Wildman–Crippen MR) is 68.2 cm³/mol. The highest BCUT2D eigenvalue weighted by molar-refractivity contribution is 9.10. The van der Waals surface area contributed by atoms with Crippen molar-refractivity contribution in [2.24, 2.45) is 0 Å². The number of halogens is 2. The monoisotopic (exact) mass is 296 g/mol. The number of ether oxygens (including phenoxy) is 1. The average molecular weight is 297 g/mol. The van der Waals surface area contributed by atoms with Gasteiger partial charge in [-0.3, -0.25) is 4.98 Å². The molecule has 17 heavy (non-hydrogen) atoms. The number of nitrogens with one attached hydrogen (secondary N) is 1. The fraction of sp³-hybridized carbons (Fsp3) is 0.0833. The Labute approximate surface area is 107 Å². The highest BCUT2D eigenvalue weighted by atomic mass is 79.9. The Morgan fingerprint density at radius 1 is 1.29 bits per heavy atom. The van der Waals surface area contributed by atoms with Crippen LogP contribution in [0.25, 0.3) is 0 Å². The number of aromatic nitrogens is 1. The van der Waals surface area contributed by atoms with Gasteiger partial charge in [0.25, 0.3) is 0 Å². The SMILES string of the molecule is COc1cc(F)ccc1Nc1cncc(Br)c1. The van der Waals surface area contributed by atoms with Crippen molar-refractivity contribution in [1.82, 2.24) is 4.98 Å². The van der Waals surface area contributed by atoms with Gasteiger partial charge in [-0.05, 0) is 34.1 Å². The number of hydrogen-bond acceptors (Lipinski definition) is 3. The smallest absolute Gasteiger partial charge is 0.145 e. The lowest BCUT2D eigenvalue weighted by Crippen LogP contribution is -1.95. The number of pyridine rings is 1. The first-order valence-corrected chi connectivity index (χ1v) is 5.69. The van der Waals surface area contributed by atoms with E-state index in [1.807, 2.05) is 6.07 Å². The third-order valence-corrected chi connectivity index (χ3v) is 2.58. The highest BCUT2D eigenvalue weighted by Gasteiger charge is 2.05. The van der Waals surface area contributed by atoms with Crippen molar-refractivity contribution in [3.05, 3.63) is 46.9 Å². The van der Waals surface area contributed by atoms with E-state index in [9.17, 15) is 4.39 Å². The summed E-state index contributed by atoms with van der Waals surface area (Å²) in [6.07, 6.45) is 3.36. The van der Waals surface area contributed by atoms with E-state index < -0.39 is 0 Å². The number of rotatable bonds is 3. The first-order valence-electron chi connectivity index (χ1n) is 4.90. The molecule has 2 aromatic rings. The third-order valence-electron chi connectivity index (χ3n) is 2.15. The van der Waals surface area contributed by atoms with Crippen LogP contribution in [0.5, 0.6) is 5.75 Å². The minimum Gasteiger partial charge on any atom is -0.494 e. The van der Waals surface area contributed by atoms with Gasteiger partial charge in [0.05, 0.1) is 24.7 Å². The Bertz CT molecular complexity index is 534. The van der Waals surface area contributed by atoms with Crippen molar-refractivity contribution in [2.45, 2.75) is 0 Å². The number of nitrogens with zero attached hydrogens (tertiary/aromatic N) is 1. The van der Waals surface area contributed by atoms with Gasteiger partial charge in [0, 0.05) is 16.7 Å². The van der Waals surface area contributed by atoms with E-state index in [4.69, 9.17) is 4.74 Å². The van der Waals surface area contributed by atoms with Crippen LogP contribution in [0.3, 0.4) is 0 Å². The minimum atomic E-state index is -0.334. The Kier molecular flexibility index (Phi) is 3.58. The van der Waals surface area contributed by atoms with Crippen molar-refractivity contribution in [2.75, 3.05) is 12.4 Å². The minimum absolute atomic E-state index is 0.334. The van der Waals surface area contributed by atoms with E-state index >= 15 is 0 Å². The molecular weight excluding hydrogens is 287 g/mol. The van der Waals surface area contributed by atoms with Crippen LogP contribution in [0.15, 0.2) is 41.1 Å². The van der Waals surface area contributed by atoms with Crippen molar-refractivity contribution in [1.29, 1.82) is 0 Å². The largest absolute Gasteiger partial charge is 0.494 e.